The molecule has 0 saturated heterocycles. The number of halogens is 1. The molecule has 0 aliphatic carbocycles. The Kier molecular flexibility index (Phi) is 3.99. The van der Waals surface area contributed by atoms with Crippen molar-refractivity contribution < 1.29 is 19.2 Å². The molecule has 2 aromatic carbocycles. The second-order valence-corrected chi connectivity index (χ2v) is 4.92. The van der Waals surface area contributed by atoms with Crippen LogP contribution in [0.3, 0.4) is 0 Å². The zero-order valence-corrected chi connectivity index (χ0v) is 10.8. The number of nitro groups is 1. The Balaban J connectivity index is 2.41. The van der Waals surface area contributed by atoms with E-state index in [4.69, 9.17) is 5.11 Å². The van der Waals surface area contributed by atoms with E-state index in [2.05, 4.69) is 0 Å². The van der Waals surface area contributed by atoms with E-state index in [0.29, 0.717) is 9.79 Å². The van der Waals surface area contributed by atoms with E-state index in [1.54, 1.807) is 6.07 Å². The first-order chi connectivity index (χ1) is 9.47. The summed E-state index contributed by atoms with van der Waals surface area (Å²) in [6.07, 6.45) is 0. The summed E-state index contributed by atoms with van der Waals surface area (Å²) in [5, 5.41) is 19.7. The molecular formula is C13H8FNO4S. The molecule has 0 fully saturated rings. The first-order valence-corrected chi connectivity index (χ1v) is 6.24. The third kappa shape index (κ3) is 3.12. The lowest BCUT2D eigenvalue weighted by molar-refractivity contribution is -0.384. The fraction of sp³-hybridized carbons (Fsp3) is 0. The molecule has 7 heteroatoms. The summed E-state index contributed by atoms with van der Waals surface area (Å²) in [5.74, 6) is -1.71. The van der Waals surface area contributed by atoms with Gasteiger partial charge in [0.05, 0.1) is 10.5 Å². The molecule has 0 amide bonds. The van der Waals surface area contributed by atoms with Crippen LogP contribution in [-0.2, 0) is 0 Å². The van der Waals surface area contributed by atoms with Crippen molar-refractivity contribution in [2.75, 3.05) is 0 Å². The molecule has 0 saturated carbocycles. The summed E-state index contributed by atoms with van der Waals surface area (Å²) in [7, 11) is 0. The first-order valence-electron chi connectivity index (χ1n) is 5.42. The average molecular weight is 293 g/mol. The van der Waals surface area contributed by atoms with Crippen molar-refractivity contribution in [2.45, 2.75) is 9.79 Å². The van der Waals surface area contributed by atoms with E-state index >= 15 is 0 Å². The molecule has 0 aromatic heterocycles. The fourth-order valence-corrected chi connectivity index (χ4v) is 2.51. The van der Waals surface area contributed by atoms with Crippen molar-refractivity contribution in [3.8, 4) is 0 Å². The first kappa shape index (κ1) is 14.0. The van der Waals surface area contributed by atoms with Gasteiger partial charge in [0.25, 0.3) is 5.69 Å². The molecule has 0 bridgehead atoms. The number of carbonyl (C=O) groups is 1. The van der Waals surface area contributed by atoms with Gasteiger partial charge >= 0.3 is 5.97 Å². The Morgan fingerprint density at radius 2 is 2.00 bits per heavy atom. The number of nitrogens with zero attached hydrogens (tertiary/aromatic N) is 1. The van der Waals surface area contributed by atoms with E-state index in [1.165, 1.54) is 30.3 Å². The summed E-state index contributed by atoms with van der Waals surface area (Å²) in [6, 6.07) is 9.22. The van der Waals surface area contributed by atoms with Gasteiger partial charge in [0.1, 0.15) is 5.82 Å². The highest BCUT2D eigenvalue weighted by Crippen LogP contribution is 2.32. The number of hydrogen-bond donors (Lipinski definition) is 1. The Bertz CT molecular complexity index is 690. The largest absolute Gasteiger partial charge is 0.478 e. The molecule has 0 radical (unpaired) electrons. The van der Waals surface area contributed by atoms with Crippen molar-refractivity contribution >= 4 is 23.4 Å². The van der Waals surface area contributed by atoms with Crippen LogP contribution in [0, 0.1) is 15.9 Å². The Labute approximate surface area is 117 Å². The quantitative estimate of drug-likeness (QED) is 0.688. The van der Waals surface area contributed by atoms with Gasteiger partial charge in [0.15, 0.2) is 0 Å². The highest BCUT2D eigenvalue weighted by molar-refractivity contribution is 7.99. The molecule has 0 aliphatic rings. The highest BCUT2D eigenvalue weighted by Gasteiger charge is 2.16. The lowest BCUT2D eigenvalue weighted by Crippen LogP contribution is -2.00. The van der Waals surface area contributed by atoms with Gasteiger partial charge in [-0.1, -0.05) is 17.8 Å². The van der Waals surface area contributed by atoms with E-state index in [9.17, 15) is 19.3 Å². The Hall–Kier alpha value is -2.41. The number of nitro benzene ring substituents is 1. The number of benzene rings is 2. The minimum atomic E-state index is -1.27. The van der Waals surface area contributed by atoms with Crippen LogP contribution in [0.15, 0.2) is 52.3 Å². The summed E-state index contributed by atoms with van der Waals surface area (Å²) in [5.41, 5.74) is -0.487. The highest BCUT2D eigenvalue weighted by atomic mass is 32.2. The predicted molar refractivity (Wildman–Crippen MR) is 70.6 cm³/mol. The summed E-state index contributed by atoms with van der Waals surface area (Å²) in [6.45, 7) is 0. The molecule has 0 aliphatic heterocycles. The molecule has 1 N–H and O–H groups in total. The summed E-state index contributed by atoms with van der Waals surface area (Å²) < 4.78 is 13.1. The topological polar surface area (TPSA) is 80.4 Å². The van der Waals surface area contributed by atoms with Crippen molar-refractivity contribution in [1.82, 2.24) is 0 Å². The third-order valence-electron chi connectivity index (χ3n) is 2.43. The van der Waals surface area contributed by atoms with Gasteiger partial charge in [-0.05, 0) is 24.3 Å². The maximum Gasteiger partial charge on any atom is 0.337 e. The van der Waals surface area contributed by atoms with Gasteiger partial charge in [-0.3, -0.25) is 10.1 Å². The molecule has 102 valence electrons. The van der Waals surface area contributed by atoms with E-state index in [1.807, 2.05) is 0 Å². The van der Waals surface area contributed by atoms with E-state index in [0.717, 1.165) is 17.8 Å². The minimum Gasteiger partial charge on any atom is -0.478 e. The number of rotatable bonds is 4. The zero-order valence-electron chi connectivity index (χ0n) is 9.95. The van der Waals surface area contributed by atoms with Gasteiger partial charge < -0.3 is 5.11 Å². The lowest BCUT2D eigenvalue weighted by Gasteiger charge is -2.05. The maximum absolute atomic E-state index is 13.1. The summed E-state index contributed by atoms with van der Waals surface area (Å²) in [4.78, 5) is 22.0. The lowest BCUT2D eigenvalue weighted by atomic mass is 10.2. The smallest absolute Gasteiger partial charge is 0.337 e. The van der Waals surface area contributed by atoms with E-state index < -0.39 is 16.7 Å². The maximum atomic E-state index is 13.1. The van der Waals surface area contributed by atoms with Crippen LogP contribution in [0.2, 0.25) is 0 Å². The number of aromatic carboxylic acids is 1. The van der Waals surface area contributed by atoms with Gasteiger partial charge in [-0.2, -0.15) is 0 Å². The molecule has 2 aromatic rings. The molecule has 0 atom stereocenters. The molecule has 0 unspecified atom stereocenters. The zero-order chi connectivity index (χ0) is 14.7. The van der Waals surface area contributed by atoms with Crippen LogP contribution in [-0.4, -0.2) is 16.0 Å². The van der Waals surface area contributed by atoms with Gasteiger partial charge in [0.2, 0.25) is 0 Å². The molecule has 5 nitrogen and oxygen atoms in total. The van der Waals surface area contributed by atoms with Crippen LogP contribution in [0.1, 0.15) is 10.4 Å². The van der Waals surface area contributed by atoms with Gasteiger partial charge in [-0.25, -0.2) is 9.18 Å². The van der Waals surface area contributed by atoms with Crippen LogP contribution in [0.5, 0.6) is 0 Å². The Morgan fingerprint density at radius 1 is 1.25 bits per heavy atom. The number of non-ortho nitro benzene ring substituents is 1. The number of carboxylic acid groups (broad SMARTS) is 1. The van der Waals surface area contributed by atoms with Crippen LogP contribution >= 0.6 is 11.8 Å². The second kappa shape index (κ2) is 5.70. The van der Waals surface area contributed by atoms with Crippen molar-refractivity contribution in [3.63, 3.8) is 0 Å². The standard InChI is InChI=1S/C13H8FNO4S/c14-8-2-1-3-10(6-8)20-12-5-4-9(15(18)19)7-11(12)13(16)17/h1-7H,(H,16,17). The minimum absolute atomic E-state index is 0.187. The second-order valence-electron chi connectivity index (χ2n) is 3.80. The molecule has 2 rings (SSSR count). The third-order valence-corrected chi connectivity index (χ3v) is 3.49. The monoisotopic (exact) mass is 293 g/mol. The SMILES string of the molecule is O=C(O)c1cc([N+](=O)[O-])ccc1Sc1cccc(F)c1. The van der Waals surface area contributed by atoms with Crippen molar-refractivity contribution in [2.24, 2.45) is 0 Å². The summed E-state index contributed by atoms with van der Waals surface area (Å²) >= 11 is 1.03. The van der Waals surface area contributed by atoms with Gasteiger partial charge in [-0.15, -0.1) is 0 Å². The van der Waals surface area contributed by atoms with Crippen LogP contribution in [0.4, 0.5) is 10.1 Å². The van der Waals surface area contributed by atoms with Crippen LogP contribution in [0.25, 0.3) is 0 Å². The van der Waals surface area contributed by atoms with Crippen molar-refractivity contribution in [3.05, 3.63) is 64.0 Å². The molecule has 0 heterocycles. The average Bonchev–Trinajstić information content (AvgIpc) is 2.38. The molecular weight excluding hydrogens is 285 g/mol. The van der Waals surface area contributed by atoms with Crippen LogP contribution < -0.4 is 0 Å². The fourth-order valence-electron chi connectivity index (χ4n) is 1.55. The molecule has 0 spiro atoms. The Morgan fingerprint density at radius 3 is 2.60 bits per heavy atom. The number of hydrogen-bond acceptors (Lipinski definition) is 4. The molecule has 20 heavy (non-hydrogen) atoms. The predicted octanol–water partition coefficient (Wildman–Crippen LogP) is 3.58. The number of carboxylic acids is 1. The van der Waals surface area contributed by atoms with Gasteiger partial charge in [0, 0.05) is 21.9 Å². The van der Waals surface area contributed by atoms with E-state index in [-0.39, 0.29) is 11.3 Å². The normalized spacial score (nSPS) is 10.2. The van der Waals surface area contributed by atoms with Crippen molar-refractivity contribution in [1.29, 1.82) is 0 Å².